The van der Waals surface area contributed by atoms with Crippen LogP contribution in [0.1, 0.15) is 19.6 Å². The van der Waals surface area contributed by atoms with Crippen molar-refractivity contribution in [3.8, 4) is 0 Å². The van der Waals surface area contributed by atoms with E-state index in [-0.39, 0.29) is 19.0 Å². The van der Waals surface area contributed by atoms with Crippen molar-refractivity contribution >= 4 is 15.9 Å². The summed E-state index contributed by atoms with van der Waals surface area (Å²) in [5, 5.41) is 2.69. The highest BCUT2D eigenvalue weighted by molar-refractivity contribution is 7.88. The van der Waals surface area contributed by atoms with E-state index in [9.17, 15) is 13.2 Å². The van der Waals surface area contributed by atoms with Gasteiger partial charge in [-0.2, -0.15) is 4.31 Å². The fraction of sp³-hybridized carbons (Fsp3) is 0.583. The molecule has 0 aliphatic heterocycles. The number of furan rings is 1. The number of sulfonamides is 1. The van der Waals surface area contributed by atoms with Crippen LogP contribution < -0.4 is 5.32 Å². The van der Waals surface area contributed by atoms with Gasteiger partial charge in [0.25, 0.3) is 0 Å². The third-order valence-corrected chi connectivity index (χ3v) is 3.60. The molecule has 0 atom stereocenters. The zero-order valence-electron chi connectivity index (χ0n) is 11.4. The van der Waals surface area contributed by atoms with Crippen LogP contribution in [0, 0.1) is 5.92 Å². The normalized spacial score (nSPS) is 12.1. The Kier molecular flexibility index (Phi) is 5.56. The average molecular weight is 288 g/mol. The van der Waals surface area contributed by atoms with E-state index in [1.807, 2.05) is 13.8 Å². The predicted molar refractivity (Wildman–Crippen MR) is 71.8 cm³/mol. The van der Waals surface area contributed by atoms with Crippen LogP contribution in [0.4, 0.5) is 0 Å². The molecule has 1 N–H and O–H groups in total. The van der Waals surface area contributed by atoms with Gasteiger partial charge in [0.1, 0.15) is 5.76 Å². The van der Waals surface area contributed by atoms with Crippen molar-refractivity contribution in [2.24, 2.45) is 5.92 Å². The van der Waals surface area contributed by atoms with E-state index in [2.05, 4.69) is 5.32 Å². The van der Waals surface area contributed by atoms with E-state index >= 15 is 0 Å². The molecule has 0 radical (unpaired) electrons. The van der Waals surface area contributed by atoms with Gasteiger partial charge in [-0.3, -0.25) is 4.79 Å². The summed E-state index contributed by atoms with van der Waals surface area (Å²) in [4.78, 5) is 11.7. The number of hydrogen-bond acceptors (Lipinski definition) is 4. The zero-order chi connectivity index (χ0) is 14.5. The minimum atomic E-state index is -3.46. The van der Waals surface area contributed by atoms with Crippen molar-refractivity contribution in [1.82, 2.24) is 9.62 Å². The van der Waals surface area contributed by atoms with Gasteiger partial charge in [0.05, 0.1) is 25.6 Å². The highest BCUT2D eigenvalue weighted by Crippen LogP contribution is 2.08. The van der Waals surface area contributed by atoms with Gasteiger partial charge in [-0.15, -0.1) is 0 Å². The molecule has 1 aromatic rings. The number of nitrogens with one attached hydrogen (secondary N) is 1. The maximum absolute atomic E-state index is 11.7. The van der Waals surface area contributed by atoms with Gasteiger partial charge in [0.15, 0.2) is 0 Å². The summed E-state index contributed by atoms with van der Waals surface area (Å²) in [6.07, 6.45) is 2.54. The third-order valence-electron chi connectivity index (χ3n) is 2.41. The molecular formula is C12H20N2O4S. The molecule has 108 valence electrons. The molecule has 0 spiro atoms. The Bertz CT molecular complexity index is 494. The van der Waals surface area contributed by atoms with E-state index in [4.69, 9.17) is 4.42 Å². The molecule has 6 nitrogen and oxygen atoms in total. The van der Waals surface area contributed by atoms with Crippen molar-refractivity contribution in [2.45, 2.75) is 20.4 Å². The third kappa shape index (κ3) is 5.89. The largest absolute Gasteiger partial charge is 0.468 e. The second kappa shape index (κ2) is 6.72. The SMILES string of the molecule is CC(C)CNC(=O)CN(Cc1ccco1)S(C)(=O)=O. The summed E-state index contributed by atoms with van der Waals surface area (Å²) < 4.78 is 29.5. The molecule has 7 heteroatoms. The number of carbonyl (C=O) groups is 1. The van der Waals surface area contributed by atoms with E-state index in [0.717, 1.165) is 10.6 Å². The Morgan fingerprint density at radius 1 is 1.47 bits per heavy atom. The highest BCUT2D eigenvalue weighted by Gasteiger charge is 2.21. The van der Waals surface area contributed by atoms with Crippen LogP contribution in [0.5, 0.6) is 0 Å². The van der Waals surface area contributed by atoms with Gasteiger partial charge in [-0.25, -0.2) is 8.42 Å². The molecule has 0 saturated heterocycles. The summed E-state index contributed by atoms with van der Waals surface area (Å²) >= 11 is 0. The van der Waals surface area contributed by atoms with Crippen LogP contribution in [-0.2, 0) is 21.4 Å². The Labute approximate surface area is 113 Å². The molecule has 1 rings (SSSR count). The Morgan fingerprint density at radius 3 is 2.63 bits per heavy atom. The van der Waals surface area contributed by atoms with E-state index in [1.165, 1.54) is 6.26 Å². The van der Waals surface area contributed by atoms with Crippen LogP contribution in [0.2, 0.25) is 0 Å². The first-order valence-electron chi connectivity index (χ1n) is 6.03. The number of hydrogen-bond donors (Lipinski definition) is 1. The molecule has 1 heterocycles. The highest BCUT2D eigenvalue weighted by atomic mass is 32.2. The molecular weight excluding hydrogens is 268 g/mol. The summed E-state index contributed by atoms with van der Waals surface area (Å²) in [6.45, 7) is 4.32. The number of nitrogens with zero attached hydrogens (tertiary/aromatic N) is 1. The van der Waals surface area contributed by atoms with Gasteiger partial charge in [-0.05, 0) is 18.1 Å². The fourth-order valence-corrected chi connectivity index (χ4v) is 2.11. The first-order chi connectivity index (χ1) is 8.79. The smallest absolute Gasteiger partial charge is 0.235 e. The molecule has 0 fully saturated rings. The topological polar surface area (TPSA) is 79.6 Å². The monoisotopic (exact) mass is 288 g/mol. The average Bonchev–Trinajstić information content (AvgIpc) is 2.77. The molecule has 1 aromatic heterocycles. The summed E-state index contributed by atoms with van der Waals surface area (Å²) in [5.41, 5.74) is 0. The summed E-state index contributed by atoms with van der Waals surface area (Å²) in [6, 6.07) is 3.35. The standard InChI is InChI=1S/C12H20N2O4S/c1-10(2)7-13-12(15)9-14(19(3,16)17)8-11-5-4-6-18-11/h4-6,10H,7-9H2,1-3H3,(H,13,15). The van der Waals surface area contributed by atoms with Crippen LogP contribution in [0.15, 0.2) is 22.8 Å². The lowest BCUT2D eigenvalue weighted by molar-refractivity contribution is -0.121. The van der Waals surface area contributed by atoms with Crippen LogP contribution >= 0.6 is 0 Å². The Morgan fingerprint density at radius 2 is 2.16 bits per heavy atom. The molecule has 0 aromatic carbocycles. The van der Waals surface area contributed by atoms with Gasteiger partial charge in [0, 0.05) is 6.54 Å². The predicted octanol–water partition coefficient (Wildman–Crippen LogP) is 0.813. The van der Waals surface area contributed by atoms with Gasteiger partial charge < -0.3 is 9.73 Å². The first-order valence-corrected chi connectivity index (χ1v) is 7.88. The zero-order valence-corrected chi connectivity index (χ0v) is 12.2. The quantitative estimate of drug-likeness (QED) is 0.805. The second-order valence-electron chi connectivity index (χ2n) is 4.81. The van der Waals surface area contributed by atoms with E-state index < -0.39 is 10.0 Å². The van der Waals surface area contributed by atoms with Gasteiger partial charge in [-0.1, -0.05) is 13.8 Å². The number of rotatable bonds is 7. The number of carbonyl (C=O) groups excluding carboxylic acids is 1. The minimum Gasteiger partial charge on any atom is -0.468 e. The molecule has 0 aliphatic carbocycles. The minimum absolute atomic E-state index is 0.0565. The summed E-state index contributed by atoms with van der Waals surface area (Å²) in [5.74, 6) is 0.508. The molecule has 1 amide bonds. The molecule has 0 unspecified atom stereocenters. The van der Waals surface area contributed by atoms with Crippen LogP contribution in [-0.4, -0.2) is 38.0 Å². The van der Waals surface area contributed by atoms with Crippen LogP contribution in [0.3, 0.4) is 0 Å². The molecule has 0 bridgehead atoms. The first kappa shape index (κ1) is 15.7. The van der Waals surface area contributed by atoms with Crippen molar-refractivity contribution in [1.29, 1.82) is 0 Å². The van der Waals surface area contributed by atoms with Crippen molar-refractivity contribution in [3.05, 3.63) is 24.2 Å². The van der Waals surface area contributed by atoms with Gasteiger partial charge in [0.2, 0.25) is 15.9 Å². The Balaban J connectivity index is 2.63. The molecule has 19 heavy (non-hydrogen) atoms. The van der Waals surface area contributed by atoms with E-state index in [0.29, 0.717) is 18.2 Å². The van der Waals surface area contributed by atoms with Crippen molar-refractivity contribution in [3.63, 3.8) is 0 Å². The van der Waals surface area contributed by atoms with Crippen LogP contribution in [0.25, 0.3) is 0 Å². The number of amides is 1. The lowest BCUT2D eigenvalue weighted by atomic mass is 10.2. The lowest BCUT2D eigenvalue weighted by Crippen LogP contribution is -2.40. The van der Waals surface area contributed by atoms with Gasteiger partial charge >= 0.3 is 0 Å². The van der Waals surface area contributed by atoms with E-state index in [1.54, 1.807) is 12.1 Å². The van der Waals surface area contributed by atoms with Crippen molar-refractivity contribution in [2.75, 3.05) is 19.3 Å². The lowest BCUT2D eigenvalue weighted by Gasteiger charge is -2.18. The maximum Gasteiger partial charge on any atom is 0.235 e. The molecule has 0 saturated carbocycles. The second-order valence-corrected chi connectivity index (χ2v) is 6.79. The summed E-state index contributed by atoms with van der Waals surface area (Å²) in [7, 11) is -3.46. The molecule has 0 aliphatic rings. The fourth-order valence-electron chi connectivity index (χ4n) is 1.40. The maximum atomic E-state index is 11.7. The Hall–Kier alpha value is -1.34. The van der Waals surface area contributed by atoms with Crippen molar-refractivity contribution < 1.29 is 17.6 Å².